The van der Waals surface area contributed by atoms with Crippen molar-refractivity contribution in [3.8, 4) is 17.2 Å². The molecule has 6 nitrogen and oxygen atoms in total. The topological polar surface area (TPSA) is 78.6 Å². The van der Waals surface area contributed by atoms with E-state index in [1.54, 1.807) is 0 Å². The van der Waals surface area contributed by atoms with Gasteiger partial charge in [0.2, 0.25) is 5.89 Å². The number of nitrogens with zero attached hydrogens (tertiary/aromatic N) is 2. The normalized spacial score (nSPS) is 26.5. The largest absolute Gasteiger partial charge is 0.508 e. The van der Waals surface area contributed by atoms with Crippen LogP contribution in [0.2, 0.25) is 0 Å². The summed E-state index contributed by atoms with van der Waals surface area (Å²) in [5.74, 6) is 0.716. The highest BCUT2D eigenvalue weighted by Gasteiger charge is 2.41. The number of oxazole rings is 1. The highest BCUT2D eigenvalue weighted by Crippen LogP contribution is 2.36. The van der Waals surface area contributed by atoms with Gasteiger partial charge in [-0.05, 0) is 50.0 Å². The standard InChI is InChI=1S/C21H20IN3O3/c22-19-17(12-6-8-25(19)9-7-12)23-20(27)15-10-14(26)11-16-18(15)24-21(28-16)13-4-2-1-3-5-13/h1-5,10-12,17,19,26H,6-9H2,(H,23,27). The number of rotatable bonds is 3. The van der Waals surface area contributed by atoms with Crippen LogP contribution in [0.15, 0.2) is 46.9 Å². The zero-order valence-corrected chi connectivity index (χ0v) is 17.3. The Kier molecular flexibility index (Phi) is 4.51. The molecule has 2 N–H and O–H groups in total. The Morgan fingerprint density at radius 3 is 2.68 bits per heavy atom. The molecule has 4 heterocycles. The van der Waals surface area contributed by atoms with E-state index in [9.17, 15) is 9.90 Å². The second kappa shape index (κ2) is 7.04. The van der Waals surface area contributed by atoms with E-state index in [0.717, 1.165) is 31.5 Å². The summed E-state index contributed by atoms with van der Waals surface area (Å²) in [6.45, 7) is 2.20. The molecule has 1 amide bonds. The third-order valence-corrected chi connectivity index (χ3v) is 7.33. The second-order valence-electron chi connectivity index (χ2n) is 7.47. The van der Waals surface area contributed by atoms with Crippen LogP contribution in [0.1, 0.15) is 23.2 Å². The number of phenols is 1. The Bertz CT molecular complexity index is 1030. The number of aromatic hydroxyl groups is 1. The maximum atomic E-state index is 13.1. The number of nitrogens with one attached hydrogen (secondary N) is 1. The molecule has 3 fully saturated rings. The van der Waals surface area contributed by atoms with Crippen molar-refractivity contribution in [2.45, 2.75) is 22.9 Å². The molecule has 3 saturated heterocycles. The minimum Gasteiger partial charge on any atom is -0.508 e. The minimum atomic E-state index is -0.214. The Hall–Kier alpha value is -2.13. The van der Waals surface area contributed by atoms with Crippen LogP contribution in [-0.2, 0) is 0 Å². The number of aromatic nitrogens is 1. The molecule has 2 bridgehead atoms. The monoisotopic (exact) mass is 489 g/mol. The Balaban J connectivity index is 1.49. The fourth-order valence-corrected chi connectivity index (χ4v) is 5.61. The number of carbonyl (C=O) groups is 1. The van der Waals surface area contributed by atoms with Gasteiger partial charge < -0.3 is 14.8 Å². The number of benzene rings is 2. The minimum absolute atomic E-state index is 0.00616. The average molecular weight is 489 g/mol. The molecule has 0 spiro atoms. The van der Waals surface area contributed by atoms with Gasteiger partial charge in [0.25, 0.3) is 5.91 Å². The Morgan fingerprint density at radius 2 is 1.96 bits per heavy atom. The molecular weight excluding hydrogens is 469 g/mol. The van der Waals surface area contributed by atoms with E-state index in [1.807, 2.05) is 30.3 Å². The van der Waals surface area contributed by atoms with Gasteiger partial charge in [-0.15, -0.1) is 0 Å². The Labute approximate surface area is 176 Å². The summed E-state index contributed by atoms with van der Waals surface area (Å²) in [5, 5.41) is 13.3. The number of halogens is 1. The molecule has 3 aliphatic heterocycles. The van der Waals surface area contributed by atoms with Crippen molar-refractivity contribution in [3.63, 3.8) is 0 Å². The molecule has 2 atom stereocenters. The lowest BCUT2D eigenvalue weighted by Gasteiger charge is -2.48. The van der Waals surface area contributed by atoms with Crippen LogP contribution in [0.3, 0.4) is 0 Å². The molecule has 3 aliphatic rings. The first kappa shape index (κ1) is 17.9. The number of amides is 1. The predicted molar refractivity (Wildman–Crippen MR) is 114 cm³/mol. The average Bonchev–Trinajstić information content (AvgIpc) is 3.15. The summed E-state index contributed by atoms with van der Waals surface area (Å²) in [6.07, 6.45) is 2.23. The molecule has 0 radical (unpaired) electrons. The van der Waals surface area contributed by atoms with Crippen molar-refractivity contribution in [3.05, 3.63) is 48.0 Å². The van der Waals surface area contributed by atoms with Crippen molar-refractivity contribution in [2.75, 3.05) is 13.1 Å². The number of carbonyl (C=O) groups excluding carboxylic acids is 1. The molecule has 144 valence electrons. The number of hydrogen-bond donors (Lipinski definition) is 2. The van der Waals surface area contributed by atoms with E-state index >= 15 is 0 Å². The maximum absolute atomic E-state index is 13.1. The number of alkyl halides is 1. The van der Waals surface area contributed by atoms with Crippen LogP contribution in [-0.4, -0.2) is 44.1 Å². The lowest BCUT2D eigenvalue weighted by atomic mass is 9.84. The van der Waals surface area contributed by atoms with E-state index < -0.39 is 0 Å². The quantitative estimate of drug-likeness (QED) is 0.333. The molecular formula is C21H20IN3O3. The highest BCUT2D eigenvalue weighted by atomic mass is 127. The van der Waals surface area contributed by atoms with Gasteiger partial charge in [-0.25, -0.2) is 4.98 Å². The van der Waals surface area contributed by atoms with Crippen LogP contribution >= 0.6 is 22.6 Å². The Morgan fingerprint density at radius 1 is 1.21 bits per heavy atom. The van der Waals surface area contributed by atoms with Gasteiger partial charge in [0.05, 0.1) is 15.7 Å². The van der Waals surface area contributed by atoms with Gasteiger partial charge in [-0.3, -0.25) is 9.69 Å². The summed E-state index contributed by atoms with van der Waals surface area (Å²) >= 11 is 2.43. The third-order valence-electron chi connectivity index (χ3n) is 5.77. The van der Waals surface area contributed by atoms with Crippen molar-refractivity contribution < 1.29 is 14.3 Å². The predicted octanol–water partition coefficient (Wildman–Crippen LogP) is 3.79. The van der Waals surface area contributed by atoms with Gasteiger partial charge in [-0.1, -0.05) is 40.8 Å². The third kappa shape index (κ3) is 3.06. The number of piperidine rings is 3. The number of phenolic OH excluding ortho intramolecular Hbond substituents is 1. The fraction of sp³-hybridized carbons (Fsp3) is 0.333. The molecule has 28 heavy (non-hydrogen) atoms. The van der Waals surface area contributed by atoms with Crippen LogP contribution in [0.5, 0.6) is 5.75 Å². The van der Waals surface area contributed by atoms with Gasteiger partial charge in [-0.2, -0.15) is 0 Å². The number of hydrogen-bond acceptors (Lipinski definition) is 5. The van der Waals surface area contributed by atoms with Crippen LogP contribution in [0.25, 0.3) is 22.6 Å². The highest BCUT2D eigenvalue weighted by molar-refractivity contribution is 14.1. The zero-order valence-electron chi connectivity index (χ0n) is 15.1. The molecule has 1 aromatic heterocycles. The zero-order chi connectivity index (χ0) is 19.3. The van der Waals surface area contributed by atoms with Gasteiger partial charge in [0, 0.05) is 11.6 Å². The molecule has 0 saturated carbocycles. The molecule has 6 rings (SSSR count). The summed E-state index contributed by atoms with van der Waals surface area (Å²) in [5.41, 5.74) is 2.06. The summed E-state index contributed by atoms with van der Waals surface area (Å²) < 4.78 is 6.12. The molecule has 2 aromatic carbocycles. The first-order valence-corrected chi connectivity index (χ1v) is 10.7. The van der Waals surface area contributed by atoms with Crippen molar-refractivity contribution in [2.24, 2.45) is 5.92 Å². The van der Waals surface area contributed by atoms with E-state index in [-0.39, 0.29) is 17.7 Å². The number of fused-ring (bicyclic) bond motifs is 4. The van der Waals surface area contributed by atoms with Gasteiger partial charge >= 0.3 is 0 Å². The second-order valence-corrected chi connectivity index (χ2v) is 8.75. The first-order chi connectivity index (χ1) is 13.6. The maximum Gasteiger partial charge on any atom is 0.254 e. The van der Waals surface area contributed by atoms with Gasteiger partial charge in [0.1, 0.15) is 11.3 Å². The SMILES string of the molecule is O=C(NC1C2CCN(CC2)C1I)c1cc(O)cc2oc(-c3ccccc3)nc12. The summed E-state index contributed by atoms with van der Waals surface area (Å²) in [7, 11) is 0. The van der Waals surface area contributed by atoms with Crippen molar-refractivity contribution in [1.82, 2.24) is 15.2 Å². The van der Waals surface area contributed by atoms with E-state index in [1.165, 1.54) is 12.1 Å². The molecule has 0 aliphatic carbocycles. The van der Waals surface area contributed by atoms with Gasteiger partial charge in [0.15, 0.2) is 5.58 Å². The van der Waals surface area contributed by atoms with Crippen LogP contribution in [0.4, 0.5) is 0 Å². The molecule has 7 heteroatoms. The lowest BCUT2D eigenvalue weighted by molar-refractivity contribution is 0.0554. The summed E-state index contributed by atoms with van der Waals surface area (Å²) in [4.78, 5) is 20.1. The van der Waals surface area contributed by atoms with E-state index in [4.69, 9.17) is 4.42 Å². The van der Waals surface area contributed by atoms with E-state index in [2.05, 4.69) is 37.8 Å². The first-order valence-electron chi connectivity index (χ1n) is 9.48. The van der Waals surface area contributed by atoms with Crippen molar-refractivity contribution in [1.29, 1.82) is 0 Å². The van der Waals surface area contributed by atoms with Crippen molar-refractivity contribution >= 4 is 39.6 Å². The van der Waals surface area contributed by atoms with Crippen LogP contribution < -0.4 is 5.32 Å². The summed E-state index contributed by atoms with van der Waals surface area (Å²) in [6, 6.07) is 12.6. The van der Waals surface area contributed by atoms with E-state index in [0.29, 0.717) is 32.5 Å². The smallest absolute Gasteiger partial charge is 0.254 e. The van der Waals surface area contributed by atoms with Crippen LogP contribution in [0, 0.1) is 5.92 Å². The molecule has 2 unspecified atom stereocenters. The molecule has 3 aromatic rings. The fourth-order valence-electron chi connectivity index (χ4n) is 4.28. The lowest BCUT2D eigenvalue weighted by Crippen LogP contribution is -2.61.